The summed E-state index contributed by atoms with van der Waals surface area (Å²) in [4.78, 5) is 1.63. The Labute approximate surface area is 136 Å². The van der Waals surface area contributed by atoms with Gasteiger partial charge in [0.25, 0.3) is 0 Å². The van der Waals surface area contributed by atoms with Crippen LogP contribution in [0.3, 0.4) is 0 Å². The molecule has 2 aromatic rings. The van der Waals surface area contributed by atoms with Crippen molar-refractivity contribution in [3.63, 3.8) is 0 Å². The summed E-state index contributed by atoms with van der Waals surface area (Å²) in [6, 6.07) is 10.3. The largest absolute Gasteiger partial charge is 0.360 e. The van der Waals surface area contributed by atoms with Gasteiger partial charge in [-0.2, -0.15) is 4.31 Å². The van der Waals surface area contributed by atoms with Gasteiger partial charge in [0.1, 0.15) is 17.1 Å². The van der Waals surface area contributed by atoms with E-state index in [0.717, 1.165) is 19.6 Å². The number of benzene rings is 1. The number of nitrogens with one attached hydrogen (secondary N) is 1. The first-order valence-electron chi connectivity index (χ1n) is 7.79. The molecule has 124 valence electrons. The summed E-state index contributed by atoms with van der Waals surface area (Å²) in [5.41, 5.74) is 1.71. The van der Waals surface area contributed by atoms with Crippen LogP contribution in [0, 0.1) is 13.8 Å². The van der Waals surface area contributed by atoms with Gasteiger partial charge in [-0.25, -0.2) is 8.42 Å². The molecule has 2 heterocycles. The van der Waals surface area contributed by atoms with Crippen LogP contribution in [0.4, 0.5) is 0 Å². The smallest absolute Gasteiger partial charge is 0.248 e. The highest BCUT2D eigenvalue weighted by Crippen LogP contribution is 2.23. The Morgan fingerprint density at radius 3 is 2.39 bits per heavy atom. The first-order valence-corrected chi connectivity index (χ1v) is 9.23. The van der Waals surface area contributed by atoms with Crippen molar-refractivity contribution >= 4 is 10.0 Å². The molecule has 1 aromatic heterocycles. The second kappa shape index (κ2) is 6.43. The number of nitrogens with zero attached hydrogens (tertiary/aromatic N) is 2. The van der Waals surface area contributed by atoms with E-state index < -0.39 is 10.0 Å². The Kier molecular flexibility index (Phi) is 4.52. The van der Waals surface area contributed by atoms with Gasteiger partial charge < -0.3 is 9.42 Å². The highest BCUT2D eigenvalue weighted by Gasteiger charge is 2.34. The average Bonchev–Trinajstić information content (AvgIpc) is 2.88. The van der Waals surface area contributed by atoms with Crippen molar-refractivity contribution in [3.8, 4) is 0 Å². The quantitative estimate of drug-likeness (QED) is 0.877. The maximum atomic E-state index is 12.8. The lowest BCUT2D eigenvalue weighted by Crippen LogP contribution is -3.13. The minimum atomic E-state index is -3.51. The summed E-state index contributed by atoms with van der Waals surface area (Å²) in [6.45, 7) is 6.89. The molecule has 0 radical (unpaired) electrons. The molecular weight excluding hydrogens is 314 g/mol. The van der Waals surface area contributed by atoms with E-state index in [2.05, 4.69) is 17.3 Å². The van der Waals surface area contributed by atoms with Gasteiger partial charge >= 0.3 is 0 Å². The third-order valence-electron chi connectivity index (χ3n) is 4.29. The van der Waals surface area contributed by atoms with Crippen LogP contribution >= 0.6 is 0 Å². The Bertz CT molecular complexity index is 744. The Hall–Kier alpha value is -1.70. The van der Waals surface area contributed by atoms with Gasteiger partial charge in [0.2, 0.25) is 10.0 Å². The predicted molar refractivity (Wildman–Crippen MR) is 85.6 cm³/mol. The monoisotopic (exact) mass is 336 g/mol. The van der Waals surface area contributed by atoms with E-state index in [1.165, 1.54) is 10.5 Å². The minimum Gasteiger partial charge on any atom is -0.360 e. The molecule has 0 bridgehead atoms. The standard InChI is InChI=1S/C16H21N3O3S/c1-13-16(14(2)22-17-13)23(20,21)19-10-8-18(9-11-19)12-15-6-4-3-5-7-15/h3-7H,8-12H2,1-2H3/p+1. The van der Waals surface area contributed by atoms with Gasteiger partial charge in [-0.1, -0.05) is 35.5 Å². The molecule has 0 aliphatic carbocycles. The number of sulfonamides is 1. The molecule has 6 nitrogen and oxygen atoms in total. The van der Waals surface area contributed by atoms with E-state index in [1.54, 1.807) is 18.2 Å². The van der Waals surface area contributed by atoms with E-state index in [1.807, 2.05) is 18.2 Å². The predicted octanol–water partition coefficient (Wildman–Crippen LogP) is 0.381. The highest BCUT2D eigenvalue weighted by atomic mass is 32.2. The van der Waals surface area contributed by atoms with Crippen LogP contribution in [0.25, 0.3) is 0 Å². The van der Waals surface area contributed by atoms with E-state index in [0.29, 0.717) is 24.5 Å². The molecule has 1 aliphatic heterocycles. The molecule has 1 fully saturated rings. The second-order valence-electron chi connectivity index (χ2n) is 5.97. The van der Waals surface area contributed by atoms with Crippen LogP contribution < -0.4 is 4.90 Å². The molecule has 1 aliphatic rings. The van der Waals surface area contributed by atoms with E-state index in [4.69, 9.17) is 4.52 Å². The number of hydrogen-bond acceptors (Lipinski definition) is 4. The van der Waals surface area contributed by atoms with Gasteiger partial charge in [-0.15, -0.1) is 0 Å². The van der Waals surface area contributed by atoms with Crippen molar-refractivity contribution in [1.82, 2.24) is 9.46 Å². The van der Waals surface area contributed by atoms with Crippen molar-refractivity contribution in [3.05, 3.63) is 47.3 Å². The number of aromatic nitrogens is 1. The zero-order valence-corrected chi connectivity index (χ0v) is 14.3. The third-order valence-corrected chi connectivity index (χ3v) is 6.44. The van der Waals surface area contributed by atoms with E-state index >= 15 is 0 Å². The average molecular weight is 336 g/mol. The second-order valence-corrected chi connectivity index (χ2v) is 7.84. The van der Waals surface area contributed by atoms with Crippen molar-refractivity contribution in [2.45, 2.75) is 25.3 Å². The fraction of sp³-hybridized carbons (Fsp3) is 0.438. The normalized spacial score (nSPS) is 17.5. The first-order chi connectivity index (χ1) is 11.0. The van der Waals surface area contributed by atoms with Crippen LogP contribution in [0.15, 0.2) is 39.8 Å². The molecule has 0 spiro atoms. The van der Waals surface area contributed by atoms with Crippen LogP contribution in [-0.2, 0) is 16.6 Å². The van der Waals surface area contributed by atoms with Gasteiger partial charge in [-0.05, 0) is 13.8 Å². The van der Waals surface area contributed by atoms with Crippen molar-refractivity contribution in [2.24, 2.45) is 0 Å². The fourth-order valence-electron chi connectivity index (χ4n) is 3.08. The van der Waals surface area contributed by atoms with Gasteiger partial charge in [0, 0.05) is 5.56 Å². The molecule has 0 amide bonds. The van der Waals surface area contributed by atoms with Crippen LogP contribution in [0.5, 0.6) is 0 Å². The summed E-state index contributed by atoms with van der Waals surface area (Å²) in [5, 5.41) is 3.76. The van der Waals surface area contributed by atoms with E-state index in [-0.39, 0.29) is 4.90 Å². The summed E-state index contributed by atoms with van der Waals surface area (Å²) >= 11 is 0. The SMILES string of the molecule is Cc1noc(C)c1S(=O)(=O)N1CC[NH+](Cc2ccccc2)CC1. The number of hydrogen-bond donors (Lipinski definition) is 1. The first kappa shape index (κ1) is 16.2. The molecule has 0 saturated carbocycles. The van der Waals surface area contributed by atoms with Gasteiger partial charge in [0.15, 0.2) is 5.76 Å². The molecule has 1 N–H and O–H groups in total. The zero-order valence-electron chi connectivity index (χ0n) is 13.4. The van der Waals surface area contributed by atoms with Gasteiger partial charge in [0.05, 0.1) is 26.2 Å². The van der Waals surface area contributed by atoms with Crippen molar-refractivity contribution in [1.29, 1.82) is 0 Å². The number of rotatable bonds is 4. The molecule has 0 atom stereocenters. The van der Waals surface area contributed by atoms with E-state index in [9.17, 15) is 8.42 Å². The molecule has 3 rings (SSSR count). The zero-order chi connectivity index (χ0) is 16.4. The summed E-state index contributed by atoms with van der Waals surface area (Å²) in [5.74, 6) is 0.363. The maximum absolute atomic E-state index is 12.8. The number of quaternary nitrogens is 1. The molecule has 1 aromatic carbocycles. The molecular formula is C16H22N3O3S+. The van der Waals surface area contributed by atoms with Gasteiger partial charge in [-0.3, -0.25) is 0 Å². The molecule has 23 heavy (non-hydrogen) atoms. The van der Waals surface area contributed by atoms with Crippen molar-refractivity contribution < 1.29 is 17.8 Å². The molecule has 0 unspecified atom stereocenters. The fourth-order valence-corrected chi connectivity index (χ4v) is 4.81. The minimum absolute atomic E-state index is 0.226. The molecule has 1 saturated heterocycles. The summed E-state index contributed by atoms with van der Waals surface area (Å²) in [7, 11) is -3.51. The molecule has 7 heteroatoms. The van der Waals surface area contributed by atoms with Crippen LogP contribution in [0.2, 0.25) is 0 Å². The Morgan fingerprint density at radius 1 is 1.17 bits per heavy atom. The number of aryl methyl sites for hydroxylation is 2. The van der Waals surface area contributed by atoms with Crippen LogP contribution in [0.1, 0.15) is 17.0 Å². The Morgan fingerprint density at radius 2 is 1.83 bits per heavy atom. The topological polar surface area (TPSA) is 67.9 Å². The van der Waals surface area contributed by atoms with Crippen molar-refractivity contribution in [2.75, 3.05) is 26.2 Å². The summed E-state index contributed by atoms with van der Waals surface area (Å²) < 4.78 is 32.1. The lowest BCUT2D eigenvalue weighted by molar-refractivity contribution is -0.917. The summed E-state index contributed by atoms with van der Waals surface area (Å²) in [6.07, 6.45) is 0. The third kappa shape index (κ3) is 3.31. The van der Waals surface area contributed by atoms with Crippen LogP contribution in [-0.4, -0.2) is 44.1 Å². The lowest BCUT2D eigenvalue weighted by atomic mass is 10.2. The number of piperazine rings is 1. The highest BCUT2D eigenvalue weighted by molar-refractivity contribution is 7.89. The lowest BCUT2D eigenvalue weighted by Gasteiger charge is -2.31. The Balaban J connectivity index is 1.67. The maximum Gasteiger partial charge on any atom is 0.248 e.